The van der Waals surface area contributed by atoms with E-state index in [1.807, 2.05) is 32.0 Å². The number of carbonyl (C=O) groups excluding carboxylic acids is 1. The van der Waals surface area contributed by atoms with Crippen molar-refractivity contribution in [2.24, 2.45) is 0 Å². The normalized spacial score (nSPS) is 10.1. The maximum absolute atomic E-state index is 12.0. The zero-order valence-electron chi connectivity index (χ0n) is 10.3. The summed E-state index contributed by atoms with van der Waals surface area (Å²) < 4.78 is 0. The molecule has 0 unspecified atom stereocenters. The number of nitrogens with two attached hydrogens (primary N) is 1. The molecule has 5 nitrogen and oxygen atoms in total. The van der Waals surface area contributed by atoms with Gasteiger partial charge in [-0.2, -0.15) is 0 Å². The molecular formula is C13H14N4O. The number of hydrogen-bond acceptors (Lipinski definition) is 4. The molecule has 0 saturated heterocycles. The summed E-state index contributed by atoms with van der Waals surface area (Å²) in [5, 5.41) is 2.80. The van der Waals surface area contributed by atoms with Crippen LogP contribution in [0, 0.1) is 13.8 Å². The number of carbonyl (C=O) groups is 1. The number of nitrogens with one attached hydrogen (secondary N) is 1. The predicted molar refractivity (Wildman–Crippen MR) is 70.3 cm³/mol. The summed E-state index contributed by atoms with van der Waals surface area (Å²) in [5.41, 5.74) is 8.53. The second-order valence-electron chi connectivity index (χ2n) is 4.10. The number of rotatable bonds is 2. The van der Waals surface area contributed by atoms with E-state index in [-0.39, 0.29) is 17.4 Å². The van der Waals surface area contributed by atoms with Crippen LogP contribution in [0.15, 0.2) is 30.6 Å². The molecule has 0 fully saturated rings. The molecule has 2 rings (SSSR count). The lowest BCUT2D eigenvalue weighted by Gasteiger charge is -2.08. The molecule has 92 valence electrons. The first-order valence-electron chi connectivity index (χ1n) is 5.52. The fourth-order valence-electron chi connectivity index (χ4n) is 1.55. The summed E-state index contributed by atoms with van der Waals surface area (Å²) in [7, 11) is 0. The van der Waals surface area contributed by atoms with Crippen molar-refractivity contribution in [2.45, 2.75) is 13.8 Å². The highest BCUT2D eigenvalue weighted by Gasteiger charge is 2.10. The van der Waals surface area contributed by atoms with Gasteiger partial charge in [0.25, 0.3) is 5.91 Å². The molecule has 0 spiro atoms. The van der Waals surface area contributed by atoms with E-state index < -0.39 is 0 Å². The number of hydrogen-bond donors (Lipinski definition) is 2. The van der Waals surface area contributed by atoms with E-state index in [4.69, 9.17) is 5.73 Å². The minimum Gasteiger partial charge on any atom is -0.382 e. The van der Waals surface area contributed by atoms with E-state index >= 15 is 0 Å². The first-order valence-corrected chi connectivity index (χ1v) is 5.52. The lowest BCUT2D eigenvalue weighted by Crippen LogP contribution is -2.15. The van der Waals surface area contributed by atoms with Crippen LogP contribution < -0.4 is 11.1 Å². The minimum absolute atomic E-state index is 0.205. The van der Waals surface area contributed by atoms with Crippen molar-refractivity contribution < 1.29 is 4.79 Å². The molecule has 2 aromatic rings. The van der Waals surface area contributed by atoms with Crippen LogP contribution in [-0.2, 0) is 0 Å². The maximum atomic E-state index is 12.0. The fraction of sp³-hybridized carbons (Fsp3) is 0.154. The van der Waals surface area contributed by atoms with Crippen LogP contribution in [0.25, 0.3) is 0 Å². The number of aromatic nitrogens is 2. The van der Waals surface area contributed by atoms with Crippen LogP contribution in [0.3, 0.4) is 0 Å². The van der Waals surface area contributed by atoms with Gasteiger partial charge in [0, 0.05) is 5.69 Å². The van der Waals surface area contributed by atoms with Crippen molar-refractivity contribution in [2.75, 3.05) is 11.1 Å². The van der Waals surface area contributed by atoms with Crippen molar-refractivity contribution in [3.8, 4) is 0 Å². The van der Waals surface area contributed by atoms with E-state index in [0.717, 1.165) is 16.8 Å². The van der Waals surface area contributed by atoms with E-state index in [9.17, 15) is 4.79 Å². The van der Waals surface area contributed by atoms with Crippen molar-refractivity contribution in [1.82, 2.24) is 9.97 Å². The summed E-state index contributed by atoms with van der Waals surface area (Å²) in [6, 6.07) is 5.86. The Morgan fingerprint density at radius 2 is 2.06 bits per heavy atom. The van der Waals surface area contributed by atoms with Crippen LogP contribution in [0.1, 0.15) is 21.6 Å². The van der Waals surface area contributed by atoms with Gasteiger partial charge in [0.05, 0.1) is 12.4 Å². The molecule has 1 aromatic carbocycles. The SMILES string of the molecule is Cc1ccc(C)c(NC(=O)c2cncc(N)n2)c1. The summed E-state index contributed by atoms with van der Waals surface area (Å²) in [4.78, 5) is 19.7. The number of nitrogens with zero attached hydrogens (tertiary/aromatic N) is 2. The van der Waals surface area contributed by atoms with Crippen LogP contribution >= 0.6 is 0 Å². The average Bonchev–Trinajstić information content (AvgIpc) is 2.34. The van der Waals surface area contributed by atoms with Gasteiger partial charge in [-0.15, -0.1) is 0 Å². The van der Waals surface area contributed by atoms with Gasteiger partial charge >= 0.3 is 0 Å². The fourth-order valence-corrected chi connectivity index (χ4v) is 1.55. The van der Waals surface area contributed by atoms with Crippen molar-refractivity contribution >= 4 is 17.4 Å². The Morgan fingerprint density at radius 1 is 1.28 bits per heavy atom. The van der Waals surface area contributed by atoms with E-state index in [0.29, 0.717) is 0 Å². The monoisotopic (exact) mass is 242 g/mol. The van der Waals surface area contributed by atoms with E-state index in [1.165, 1.54) is 12.4 Å². The van der Waals surface area contributed by atoms with E-state index in [2.05, 4.69) is 15.3 Å². The Labute approximate surface area is 105 Å². The second kappa shape index (κ2) is 4.83. The topological polar surface area (TPSA) is 80.9 Å². The van der Waals surface area contributed by atoms with Gasteiger partial charge in [-0.1, -0.05) is 12.1 Å². The molecule has 1 heterocycles. The zero-order chi connectivity index (χ0) is 13.1. The van der Waals surface area contributed by atoms with Gasteiger partial charge in [-0.05, 0) is 31.0 Å². The Kier molecular flexibility index (Phi) is 3.23. The average molecular weight is 242 g/mol. The summed E-state index contributed by atoms with van der Waals surface area (Å²) in [6.07, 6.45) is 2.78. The van der Waals surface area contributed by atoms with Crippen molar-refractivity contribution in [1.29, 1.82) is 0 Å². The van der Waals surface area contributed by atoms with Gasteiger partial charge in [-0.25, -0.2) is 4.98 Å². The van der Waals surface area contributed by atoms with Crippen LogP contribution in [0.2, 0.25) is 0 Å². The summed E-state index contributed by atoms with van der Waals surface area (Å²) >= 11 is 0. The van der Waals surface area contributed by atoms with E-state index in [1.54, 1.807) is 0 Å². The number of benzene rings is 1. The Bertz CT molecular complexity index is 595. The zero-order valence-corrected chi connectivity index (χ0v) is 10.3. The standard InChI is InChI=1S/C13H14N4O/c1-8-3-4-9(2)10(5-8)17-13(18)11-6-15-7-12(14)16-11/h3-7H,1-2H3,(H2,14,16)(H,17,18). The molecule has 0 bridgehead atoms. The quantitative estimate of drug-likeness (QED) is 0.843. The first-order chi connectivity index (χ1) is 8.56. The molecule has 3 N–H and O–H groups in total. The molecule has 0 aliphatic rings. The van der Waals surface area contributed by atoms with Gasteiger partial charge in [0.15, 0.2) is 0 Å². The smallest absolute Gasteiger partial charge is 0.275 e. The molecule has 5 heteroatoms. The Morgan fingerprint density at radius 3 is 2.78 bits per heavy atom. The highest BCUT2D eigenvalue weighted by molar-refractivity contribution is 6.03. The lowest BCUT2D eigenvalue weighted by atomic mass is 10.1. The van der Waals surface area contributed by atoms with Crippen molar-refractivity contribution in [3.05, 3.63) is 47.4 Å². The third-order valence-electron chi connectivity index (χ3n) is 2.53. The summed E-state index contributed by atoms with van der Waals surface area (Å²) in [6.45, 7) is 3.90. The van der Waals surface area contributed by atoms with Crippen LogP contribution in [0.5, 0.6) is 0 Å². The molecule has 0 aliphatic carbocycles. The number of aryl methyl sites for hydroxylation is 2. The van der Waals surface area contributed by atoms with Crippen LogP contribution in [0.4, 0.5) is 11.5 Å². The van der Waals surface area contributed by atoms with Gasteiger partial charge in [-0.3, -0.25) is 9.78 Å². The maximum Gasteiger partial charge on any atom is 0.275 e. The predicted octanol–water partition coefficient (Wildman–Crippen LogP) is 1.93. The highest BCUT2D eigenvalue weighted by atomic mass is 16.1. The molecule has 0 saturated carbocycles. The second-order valence-corrected chi connectivity index (χ2v) is 4.10. The molecule has 18 heavy (non-hydrogen) atoms. The third kappa shape index (κ3) is 2.63. The van der Waals surface area contributed by atoms with Gasteiger partial charge < -0.3 is 11.1 Å². The third-order valence-corrected chi connectivity index (χ3v) is 2.53. The molecule has 1 aromatic heterocycles. The molecule has 0 aliphatic heterocycles. The lowest BCUT2D eigenvalue weighted by molar-refractivity contribution is 0.102. The molecular weight excluding hydrogens is 228 g/mol. The van der Waals surface area contributed by atoms with Gasteiger partial charge in [0.1, 0.15) is 11.5 Å². The first kappa shape index (κ1) is 12.0. The van der Waals surface area contributed by atoms with Crippen LogP contribution in [-0.4, -0.2) is 15.9 Å². The minimum atomic E-state index is -0.316. The molecule has 0 atom stereocenters. The summed E-state index contributed by atoms with van der Waals surface area (Å²) in [5.74, 6) is -0.0906. The Balaban J connectivity index is 2.24. The largest absolute Gasteiger partial charge is 0.382 e. The number of amides is 1. The Hall–Kier alpha value is -2.43. The number of anilines is 2. The highest BCUT2D eigenvalue weighted by Crippen LogP contribution is 2.17. The number of nitrogen functional groups attached to an aromatic ring is 1. The van der Waals surface area contributed by atoms with Crippen molar-refractivity contribution in [3.63, 3.8) is 0 Å². The van der Waals surface area contributed by atoms with Gasteiger partial charge in [0.2, 0.25) is 0 Å². The molecule has 0 radical (unpaired) electrons. The molecule has 1 amide bonds.